The number of alkyl halides is 6. The van der Waals surface area contributed by atoms with Gasteiger partial charge in [0.15, 0.2) is 0 Å². The van der Waals surface area contributed by atoms with E-state index in [1.54, 1.807) is 0 Å². The third-order valence-corrected chi connectivity index (χ3v) is 8.14. The zero-order valence-electron chi connectivity index (χ0n) is 18.1. The van der Waals surface area contributed by atoms with Crippen molar-refractivity contribution in [3.05, 3.63) is 69.6 Å². The number of ether oxygens (including phenoxy) is 2. The van der Waals surface area contributed by atoms with Crippen molar-refractivity contribution < 1.29 is 52.7 Å². The molecule has 38 heavy (non-hydrogen) atoms. The zero-order chi connectivity index (χ0) is 28.5. The van der Waals surface area contributed by atoms with Gasteiger partial charge in [0.2, 0.25) is 0 Å². The van der Waals surface area contributed by atoms with E-state index in [1.165, 1.54) is 6.07 Å². The summed E-state index contributed by atoms with van der Waals surface area (Å²) in [6.07, 6.45) is -10.5. The monoisotopic (exact) mass is 712 g/mol. The van der Waals surface area contributed by atoms with Gasteiger partial charge in [-0.2, -0.15) is 0 Å². The molecule has 0 radical (unpaired) electrons. The maximum absolute atomic E-state index is 13.0. The molecule has 2 N–H and O–H groups in total. The predicted octanol–water partition coefficient (Wildman–Crippen LogP) is 6.61. The molecule has 18 heteroatoms. The molecule has 0 aliphatic heterocycles. The first kappa shape index (κ1) is 29.9. The number of anilines is 2. The van der Waals surface area contributed by atoms with Crippen LogP contribution in [-0.4, -0.2) is 29.6 Å². The average Bonchev–Trinajstić information content (AvgIpc) is 2.74. The van der Waals surface area contributed by atoms with Crippen LogP contribution < -0.4 is 18.9 Å². The van der Waals surface area contributed by atoms with Gasteiger partial charge in [0, 0.05) is 8.95 Å². The Bertz CT molecular complexity index is 1560. The van der Waals surface area contributed by atoms with Gasteiger partial charge in [0.25, 0.3) is 20.0 Å². The number of hydrogen-bond acceptors (Lipinski definition) is 6. The summed E-state index contributed by atoms with van der Waals surface area (Å²) in [6, 6.07) is 9.88. The van der Waals surface area contributed by atoms with Crippen LogP contribution in [0.15, 0.2) is 79.4 Å². The summed E-state index contributed by atoms with van der Waals surface area (Å²) in [5.74, 6) is -2.14. The highest BCUT2D eigenvalue weighted by atomic mass is 79.9. The van der Waals surface area contributed by atoms with Crippen LogP contribution >= 0.6 is 31.9 Å². The smallest absolute Gasteiger partial charge is 0.404 e. The number of sulfonamides is 2. The van der Waals surface area contributed by atoms with Crippen LogP contribution in [-0.2, 0) is 20.0 Å². The molecule has 206 valence electrons. The second-order valence-corrected chi connectivity index (χ2v) is 12.1. The molecule has 0 heterocycles. The highest BCUT2D eigenvalue weighted by molar-refractivity contribution is 9.11. The van der Waals surface area contributed by atoms with Crippen molar-refractivity contribution in [3.8, 4) is 11.5 Å². The summed E-state index contributed by atoms with van der Waals surface area (Å²) >= 11 is 6.11. The predicted molar refractivity (Wildman–Crippen MR) is 130 cm³/mol. The summed E-state index contributed by atoms with van der Waals surface area (Å²) in [4.78, 5) is -1.88. The van der Waals surface area contributed by atoms with E-state index in [-0.39, 0.29) is 8.95 Å². The van der Waals surface area contributed by atoms with Crippen LogP contribution in [0.1, 0.15) is 0 Å². The topological polar surface area (TPSA) is 111 Å². The lowest BCUT2D eigenvalue weighted by molar-refractivity contribution is -0.276. The number of nitrogens with one attached hydrogen (secondary N) is 2. The van der Waals surface area contributed by atoms with Gasteiger partial charge >= 0.3 is 12.7 Å². The van der Waals surface area contributed by atoms with E-state index in [2.05, 4.69) is 41.3 Å². The van der Waals surface area contributed by atoms with Gasteiger partial charge in [0.1, 0.15) is 21.3 Å². The Morgan fingerprint density at radius 3 is 1.53 bits per heavy atom. The molecule has 0 saturated heterocycles. The summed E-state index contributed by atoms with van der Waals surface area (Å²) < 4.78 is 140. The molecule has 0 amide bonds. The first-order valence-corrected chi connectivity index (χ1v) is 14.2. The molecule has 0 aliphatic carbocycles. The van der Waals surface area contributed by atoms with Crippen LogP contribution in [0.25, 0.3) is 0 Å². The highest BCUT2D eigenvalue weighted by Gasteiger charge is 2.36. The van der Waals surface area contributed by atoms with Crippen molar-refractivity contribution in [1.82, 2.24) is 0 Å². The molecule has 3 rings (SSSR count). The molecule has 0 spiro atoms. The minimum Gasteiger partial charge on any atom is -0.404 e. The minimum absolute atomic E-state index is 0.0952. The van der Waals surface area contributed by atoms with E-state index in [9.17, 15) is 43.2 Å². The molecule has 0 aromatic heterocycles. The van der Waals surface area contributed by atoms with E-state index in [1.807, 2.05) is 9.44 Å². The van der Waals surface area contributed by atoms with Crippen LogP contribution in [0, 0.1) is 0 Å². The highest BCUT2D eigenvalue weighted by Crippen LogP contribution is 2.39. The number of para-hydroxylation sites is 2. The Balaban J connectivity index is 2.07. The second kappa shape index (κ2) is 10.8. The maximum atomic E-state index is 13.0. The van der Waals surface area contributed by atoms with Crippen molar-refractivity contribution in [2.24, 2.45) is 0 Å². The first-order chi connectivity index (χ1) is 17.4. The summed E-state index contributed by atoms with van der Waals surface area (Å²) in [5, 5.41) is 0. The number of hydrogen-bond donors (Lipinski definition) is 2. The Hall–Kier alpha value is -2.70. The Labute approximate surface area is 228 Å². The summed E-state index contributed by atoms with van der Waals surface area (Å²) in [7, 11) is -9.70. The Kier molecular flexibility index (Phi) is 8.50. The van der Waals surface area contributed by atoms with Crippen molar-refractivity contribution >= 4 is 63.3 Å². The Morgan fingerprint density at radius 2 is 1.08 bits per heavy atom. The first-order valence-electron chi connectivity index (χ1n) is 9.62. The molecule has 0 saturated carbocycles. The summed E-state index contributed by atoms with van der Waals surface area (Å²) in [5.41, 5.74) is -1.02. The average molecular weight is 714 g/mol. The van der Waals surface area contributed by atoms with Crippen LogP contribution in [0.5, 0.6) is 11.5 Å². The van der Waals surface area contributed by atoms with Crippen molar-refractivity contribution in [1.29, 1.82) is 0 Å². The molecule has 0 bridgehead atoms. The normalized spacial score (nSPS) is 12.6. The molecule has 0 fully saturated rings. The molecular weight excluding hydrogens is 702 g/mol. The molecule has 3 aromatic carbocycles. The number of benzene rings is 3. The zero-order valence-corrected chi connectivity index (χ0v) is 22.9. The van der Waals surface area contributed by atoms with Gasteiger partial charge in [-0.25, -0.2) is 16.8 Å². The van der Waals surface area contributed by atoms with E-state index in [0.717, 1.165) is 54.6 Å². The second-order valence-electron chi connectivity index (χ2n) is 7.01. The van der Waals surface area contributed by atoms with E-state index in [0.29, 0.717) is 0 Å². The lowest BCUT2D eigenvalue weighted by atomic mass is 10.3. The largest absolute Gasteiger partial charge is 0.573 e. The van der Waals surface area contributed by atoms with Crippen LogP contribution in [0.2, 0.25) is 0 Å². The van der Waals surface area contributed by atoms with Crippen LogP contribution in [0.4, 0.5) is 37.7 Å². The van der Waals surface area contributed by atoms with Gasteiger partial charge in [-0.15, -0.1) is 26.3 Å². The van der Waals surface area contributed by atoms with Crippen molar-refractivity contribution in [2.75, 3.05) is 9.44 Å². The number of halogens is 8. The quantitative estimate of drug-likeness (QED) is 0.254. The number of rotatable bonds is 8. The molecule has 8 nitrogen and oxygen atoms in total. The van der Waals surface area contributed by atoms with Gasteiger partial charge in [0.05, 0.1) is 11.4 Å². The maximum Gasteiger partial charge on any atom is 0.573 e. The minimum atomic E-state index is -5.23. The van der Waals surface area contributed by atoms with Gasteiger partial charge in [-0.3, -0.25) is 9.44 Å². The van der Waals surface area contributed by atoms with Crippen LogP contribution in [0.3, 0.4) is 0 Å². The standard InChI is InChI=1S/C20H12Br2F6N2O6S2/c21-11-9-12(22)18(30-38(33,34)17-8-4-2-6-15(17)36-20(26,27)28)13(10-11)29-37(31,32)16-7-3-1-5-14(16)35-19(23,24)25/h1-10,29-30H. The van der Waals surface area contributed by atoms with E-state index in [4.69, 9.17) is 0 Å². The summed E-state index contributed by atoms with van der Waals surface area (Å²) in [6.45, 7) is 0. The van der Waals surface area contributed by atoms with Crippen molar-refractivity contribution in [3.63, 3.8) is 0 Å². The van der Waals surface area contributed by atoms with E-state index < -0.39 is 65.4 Å². The molecule has 3 aromatic rings. The molecule has 0 aliphatic rings. The fourth-order valence-electron chi connectivity index (χ4n) is 2.91. The van der Waals surface area contributed by atoms with Crippen molar-refractivity contribution in [2.45, 2.75) is 22.5 Å². The third kappa shape index (κ3) is 7.67. The lowest BCUT2D eigenvalue weighted by Crippen LogP contribution is -2.22. The fourth-order valence-corrected chi connectivity index (χ4v) is 6.79. The van der Waals surface area contributed by atoms with Gasteiger partial charge in [-0.05, 0) is 52.3 Å². The molecular formula is C20H12Br2F6N2O6S2. The lowest BCUT2D eigenvalue weighted by Gasteiger charge is -2.19. The third-order valence-electron chi connectivity index (χ3n) is 4.26. The molecule has 0 unspecified atom stereocenters. The Morgan fingerprint density at radius 1 is 0.658 bits per heavy atom. The molecule has 0 atom stereocenters. The van der Waals surface area contributed by atoms with Gasteiger partial charge in [-0.1, -0.05) is 40.2 Å². The van der Waals surface area contributed by atoms with Gasteiger partial charge < -0.3 is 9.47 Å². The SMILES string of the molecule is O=S(=O)(Nc1cc(Br)cc(Br)c1NS(=O)(=O)c1ccccc1OC(F)(F)F)c1ccccc1OC(F)(F)F. The van der Waals surface area contributed by atoms with E-state index >= 15 is 0 Å². The fraction of sp³-hybridized carbons (Fsp3) is 0.100.